The minimum atomic E-state index is -0.141. The highest BCUT2D eigenvalue weighted by atomic mass is 16.5. The van der Waals surface area contributed by atoms with E-state index in [-0.39, 0.29) is 5.97 Å². The molecule has 0 spiro atoms. The van der Waals surface area contributed by atoms with Crippen molar-refractivity contribution in [1.29, 1.82) is 0 Å². The zero-order chi connectivity index (χ0) is 13.7. The molecule has 0 aromatic carbocycles. The van der Waals surface area contributed by atoms with E-state index < -0.39 is 0 Å². The Morgan fingerprint density at radius 2 is 2.26 bits per heavy atom. The van der Waals surface area contributed by atoms with Crippen molar-refractivity contribution < 1.29 is 9.53 Å². The second kappa shape index (κ2) is 6.65. The maximum Gasteiger partial charge on any atom is 0.307 e. The van der Waals surface area contributed by atoms with Crippen LogP contribution in [0.4, 0.5) is 0 Å². The van der Waals surface area contributed by atoms with Gasteiger partial charge in [0.15, 0.2) is 0 Å². The first-order chi connectivity index (χ1) is 9.20. The van der Waals surface area contributed by atoms with E-state index in [0.717, 1.165) is 31.2 Å². The zero-order valence-corrected chi connectivity index (χ0v) is 11.8. The molecule has 2 rings (SSSR count). The van der Waals surface area contributed by atoms with Gasteiger partial charge in [0.25, 0.3) is 0 Å². The number of hydrogen-bond donors (Lipinski definition) is 0. The van der Waals surface area contributed by atoms with Gasteiger partial charge in [0.1, 0.15) is 11.6 Å². The SMILES string of the molecule is CCOC(=O)CCN(C)Cc1nnc2n1CCCC2. The van der Waals surface area contributed by atoms with E-state index in [1.807, 2.05) is 14.0 Å². The Labute approximate surface area is 113 Å². The van der Waals surface area contributed by atoms with Crippen LogP contribution >= 0.6 is 0 Å². The molecule has 1 aromatic rings. The Bertz CT molecular complexity index is 430. The number of carbonyl (C=O) groups excluding carboxylic acids is 1. The maximum absolute atomic E-state index is 11.3. The molecule has 6 nitrogen and oxygen atoms in total. The molecular formula is C13H22N4O2. The fraction of sp³-hybridized carbons (Fsp3) is 0.769. The van der Waals surface area contributed by atoms with E-state index in [1.54, 1.807) is 0 Å². The van der Waals surface area contributed by atoms with Gasteiger partial charge in [-0.1, -0.05) is 0 Å². The van der Waals surface area contributed by atoms with Gasteiger partial charge < -0.3 is 9.30 Å². The molecule has 106 valence electrons. The summed E-state index contributed by atoms with van der Waals surface area (Å²) in [5.74, 6) is 1.96. The first-order valence-corrected chi connectivity index (χ1v) is 6.96. The summed E-state index contributed by atoms with van der Waals surface area (Å²) in [7, 11) is 1.99. The molecule has 0 amide bonds. The lowest BCUT2D eigenvalue weighted by Gasteiger charge is -2.18. The van der Waals surface area contributed by atoms with E-state index in [9.17, 15) is 4.79 Å². The van der Waals surface area contributed by atoms with Crippen LogP contribution in [0.2, 0.25) is 0 Å². The maximum atomic E-state index is 11.3. The average molecular weight is 266 g/mol. The van der Waals surface area contributed by atoms with Gasteiger partial charge in [-0.25, -0.2) is 0 Å². The molecule has 0 unspecified atom stereocenters. The molecule has 6 heteroatoms. The van der Waals surface area contributed by atoms with Gasteiger partial charge in [-0.05, 0) is 26.8 Å². The first kappa shape index (κ1) is 14.0. The minimum Gasteiger partial charge on any atom is -0.466 e. The second-order valence-electron chi connectivity index (χ2n) is 4.93. The number of esters is 1. The summed E-state index contributed by atoms with van der Waals surface area (Å²) in [4.78, 5) is 13.4. The highest BCUT2D eigenvalue weighted by Crippen LogP contribution is 2.15. The lowest BCUT2D eigenvalue weighted by atomic mass is 10.2. The molecule has 0 saturated carbocycles. The summed E-state index contributed by atoms with van der Waals surface area (Å²) < 4.78 is 7.13. The van der Waals surface area contributed by atoms with Crippen molar-refractivity contribution in [2.24, 2.45) is 0 Å². The van der Waals surface area contributed by atoms with Crippen LogP contribution in [0, 0.1) is 0 Å². The molecule has 1 aliphatic rings. The Hall–Kier alpha value is -1.43. The van der Waals surface area contributed by atoms with Crippen LogP contribution in [0.5, 0.6) is 0 Å². The quantitative estimate of drug-likeness (QED) is 0.719. The van der Waals surface area contributed by atoms with Gasteiger partial charge in [-0.3, -0.25) is 9.69 Å². The van der Waals surface area contributed by atoms with Crippen LogP contribution in [-0.4, -0.2) is 45.8 Å². The largest absolute Gasteiger partial charge is 0.466 e. The number of aromatic nitrogens is 3. The van der Waals surface area contributed by atoms with Crippen LogP contribution in [0.1, 0.15) is 37.8 Å². The van der Waals surface area contributed by atoms with Crippen molar-refractivity contribution in [2.75, 3.05) is 20.2 Å². The molecule has 2 heterocycles. The number of fused-ring (bicyclic) bond motifs is 1. The van der Waals surface area contributed by atoms with Crippen molar-refractivity contribution in [3.8, 4) is 0 Å². The van der Waals surface area contributed by atoms with Crippen molar-refractivity contribution in [3.05, 3.63) is 11.6 Å². The van der Waals surface area contributed by atoms with Gasteiger partial charge in [0, 0.05) is 19.5 Å². The van der Waals surface area contributed by atoms with Gasteiger partial charge in [-0.15, -0.1) is 10.2 Å². The third-order valence-electron chi connectivity index (χ3n) is 3.35. The number of nitrogens with zero attached hydrogens (tertiary/aromatic N) is 4. The Kier molecular flexibility index (Phi) is 4.90. The summed E-state index contributed by atoms with van der Waals surface area (Å²) in [5.41, 5.74) is 0. The Balaban J connectivity index is 1.83. The summed E-state index contributed by atoms with van der Waals surface area (Å²) in [6.07, 6.45) is 3.85. The summed E-state index contributed by atoms with van der Waals surface area (Å²) in [6, 6.07) is 0. The van der Waals surface area contributed by atoms with Gasteiger partial charge in [0.05, 0.1) is 19.6 Å². The normalized spacial score (nSPS) is 14.5. The highest BCUT2D eigenvalue weighted by Gasteiger charge is 2.16. The lowest BCUT2D eigenvalue weighted by Crippen LogP contribution is -2.25. The zero-order valence-electron chi connectivity index (χ0n) is 11.8. The third kappa shape index (κ3) is 3.76. The number of hydrogen-bond acceptors (Lipinski definition) is 5. The summed E-state index contributed by atoms with van der Waals surface area (Å²) >= 11 is 0. The molecular weight excluding hydrogens is 244 g/mol. The molecule has 19 heavy (non-hydrogen) atoms. The van der Waals surface area contributed by atoms with Crippen molar-refractivity contribution in [3.63, 3.8) is 0 Å². The molecule has 0 N–H and O–H groups in total. The summed E-state index contributed by atoms with van der Waals surface area (Å²) in [5, 5.41) is 8.49. The fourth-order valence-electron chi connectivity index (χ4n) is 2.32. The van der Waals surface area contributed by atoms with Crippen LogP contribution in [0.25, 0.3) is 0 Å². The first-order valence-electron chi connectivity index (χ1n) is 6.96. The second-order valence-corrected chi connectivity index (χ2v) is 4.93. The standard InChI is InChI=1S/C13H22N4O2/c1-3-19-13(18)7-9-16(2)10-12-15-14-11-6-4-5-8-17(11)12/h3-10H2,1-2H3. The summed E-state index contributed by atoms with van der Waals surface area (Å²) in [6.45, 7) is 4.70. The molecule has 1 aromatic heterocycles. The molecule has 0 fully saturated rings. The number of carbonyl (C=O) groups is 1. The van der Waals surface area contributed by atoms with Crippen LogP contribution in [-0.2, 0) is 29.0 Å². The van der Waals surface area contributed by atoms with Gasteiger partial charge in [-0.2, -0.15) is 0 Å². The van der Waals surface area contributed by atoms with Crippen molar-refractivity contribution >= 4 is 5.97 Å². The molecule has 0 aliphatic carbocycles. The van der Waals surface area contributed by atoms with E-state index in [4.69, 9.17) is 4.74 Å². The van der Waals surface area contributed by atoms with Crippen LogP contribution in [0.15, 0.2) is 0 Å². The fourth-order valence-corrected chi connectivity index (χ4v) is 2.32. The van der Waals surface area contributed by atoms with Crippen molar-refractivity contribution in [1.82, 2.24) is 19.7 Å². The molecule has 1 aliphatic heterocycles. The average Bonchev–Trinajstić information content (AvgIpc) is 2.80. The molecule has 0 atom stereocenters. The monoisotopic (exact) mass is 266 g/mol. The smallest absolute Gasteiger partial charge is 0.307 e. The molecule has 0 saturated heterocycles. The van der Waals surface area contributed by atoms with Crippen molar-refractivity contribution in [2.45, 2.75) is 45.7 Å². The lowest BCUT2D eigenvalue weighted by molar-refractivity contribution is -0.143. The third-order valence-corrected chi connectivity index (χ3v) is 3.35. The van der Waals surface area contributed by atoms with Crippen LogP contribution in [0.3, 0.4) is 0 Å². The van der Waals surface area contributed by atoms with Crippen LogP contribution < -0.4 is 0 Å². The molecule has 0 radical (unpaired) electrons. The van der Waals surface area contributed by atoms with E-state index in [2.05, 4.69) is 19.7 Å². The topological polar surface area (TPSA) is 60.2 Å². The minimum absolute atomic E-state index is 0.141. The van der Waals surface area contributed by atoms with E-state index >= 15 is 0 Å². The number of rotatable bonds is 6. The van der Waals surface area contributed by atoms with Gasteiger partial charge in [0.2, 0.25) is 0 Å². The Morgan fingerprint density at radius 3 is 3.05 bits per heavy atom. The van der Waals surface area contributed by atoms with Gasteiger partial charge >= 0.3 is 5.97 Å². The number of ether oxygens (including phenoxy) is 1. The predicted molar refractivity (Wildman–Crippen MR) is 70.5 cm³/mol. The number of aryl methyl sites for hydroxylation is 1. The highest BCUT2D eigenvalue weighted by molar-refractivity contribution is 5.69. The Morgan fingerprint density at radius 1 is 1.42 bits per heavy atom. The predicted octanol–water partition coefficient (Wildman–Crippen LogP) is 0.999. The van der Waals surface area contributed by atoms with E-state index in [1.165, 1.54) is 12.8 Å². The molecule has 0 bridgehead atoms. The van der Waals surface area contributed by atoms with E-state index in [0.29, 0.717) is 19.6 Å².